The van der Waals surface area contributed by atoms with E-state index in [9.17, 15) is 0 Å². The Bertz CT molecular complexity index is 1960. The minimum absolute atomic E-state index is 0. The first kappa shape index (κ1) is 68.3. The molecule has 68 heavy (non-hydrogen) atoms. The molecule has 2 radical (unpaired) electrons. The second kappa shape index (κ2) is 38.0. The van der Waals surface area contributed by atoms with Gasteiger partial charge >= 0.3 is 0 Å². The van der Waals surface area contributed by atoms with E-state index < -0.39 is 35.0 Å². The molecule has 0 aliphatic rings. The van der Waals surface area contributed by atoms with Crippen molar-refractivity contribution in [2.75, 3.05) is 26.7 Å². The van der Waals surface area contributed by atoms with Crippen molar-refractivity contribution in [3.63, 3.8) is 0 Å². The standard InChI is InChI=1S/2C14H14P.2C9H11NOS2.2Au.2ClHO4/c2*1-15(2,13-9-5-3-6-10-13)14-11-7-4-8-12-14;2*1-11-9-5-3-8(4-6-9)10-7-13-12-2;;;2*2-1(3,4)5/h2*3-12H,1-2H2;2*3-7H,1-2H3;;;2*(H,2,3,4,5)/q2*-1;;;;;;/p-2. The molecule has 0 saturated carbocycles. The molecule has 0 atom stereocenters. The summed E-state index contributed by atoms with van der Waals surface area (Å²) in [5, 5.41) is 4.99. The van der Waals surface area contributed by atoms with Gasteiger partial charge in [0.15, 0.2) is 0 Å². The number of hydrogen-bond donors (Lipinski definition) is 0. The number of hydrogen-bond acceptors (Lipinski definition) is 16. The fourth-order valence-electron chi connectivity index (χ4n) is 4.74. The van der Waals surface area contributed by atoms with Crippen LogP contribution in [0.4, 0.5) is 11.4 Å². The van der Waals surface area contributed by atoms with E-state index in [0.717, 1.165) is 22.9 Å². The van der Waals surface area contributed by atoms with Gasteiger partial charge < -0.3 is 9.47 Å². The molecule has 0 aliphatic heterocycles. The maximum absolute atomic E-state index is 8.49. The molecule has 0 saturated heterocycles. The van der Waals surface area contributed by atoms with Crippen LogP contribution in [0.3, 0.4) is 0 Å². The number of methoxy groups -OCH3 is 2. The number of halogens is 2. The quantitative estimate of drug-likeness (QED) is 0.0426. The summed E-state index contributed by atoms with van der Waals surface area (Å²) < 4.78 is 78.0. The third-order valence-electron chi connectivity index (χ3n) is 7.83. The van der Waals surface area contributed by atoms with E-state index in [1.807, 2.05) is 145 Å². The predicted molar refractivity (Wildman–Crippen MR) is 264 cm³/mol. The molecule has 0 fully saturated rings. The van der Waals surface area contributed by atoms with Gasteiger partial charge in [-0.25, -0.2) is 47.3 Å². The van der Waals surface area contributed by atoms with E-state index in [-0.39, 0.29) is 44.8 Å². The molecule has 0 aromatic heterocycles. The Hall–Kier alpha value is -1.74. The van der Waals surface area contributed by atoms with Crippen LogP contribution in [-0.2, 0) is 44.8 Å². The topological polar surface area (TPSA) is 228 Å². The predicted octanol–water partition coefficient (Wildman–Crippen LogP) is 3.69. The van der Waals surface area contributed by atoms with E-state index in [2.05, 4.69) is 85.2 Å². The molecule has 12 nitrogen and oxygen atoms in total. The van der Waals surface area contributed by atoms with Gasteiger partial charge in [-0.1, -0.05) is 94.4 Å². The van der Waals surface area contributed by atoms with Crippen molar-refractivity contribution in [2.45, 2.75) is 0 Å². The Morgan fingerprint density at radius 3 is 0.794 bits per heavy atom. The van der Waals surface area contributed by atoms with Gasteiger partial charge in [0, 0.05) is 66.0 Å². The van der Waals surface area contributed by atoms with Crippen molar-refractivity contribution in [3.8, 4) is 11.5 Å². The molecular weight excluding hydrogens is 1400 g/mol. The first-order valence-corrected chi connectivity index (χ1v) is 30.5. The van der Waals surface area contributed by atoms with Gasteiger partial charge in [0.25, 0.3) is 0 Å². The van der Waals surface area contributed by atoms with Crippen molar-refractivity contribution < 1.29 is 112 Å². The number of benzene rings is 6. The van der Waals surface area contributed by atoms with Crippen LogP contribution in [0.1, 0.15) is 0 Å². The molecule has 0 N–H and O–H groups in total. The molecule has 0 unspecified atom stereocenters. The molecule has 22 heteroatoms. The second-order valence-electron chi connectivity index (χ2n) is 12.4. The van der Waals surface area contributed by atoms with Crippen molar-refractivity contribution in [2.24, 2.45) is 9.98 Å². The van der Waals surface area contributed by atoms with Gasteiger partial charge in [-0.2, -0.15) is 41.2 Å². The SMILES string of the molecule is COc1ccc(N=CSSC)cc1.COc1ccc(N=CSSC)cc1.[Au].[Au].[CH2-][P+]([CH2-])(c1ccccc1)c1ccccc1.[CH2-][P+]([CH2-])(c1ccccc1)c1ccccc1.[O-][Cl+3]([O-])([O-])[O-].[O-][Cl+3]([O-])([O-])[O-]. The summed E-state index contributed by atoms with van der Waals surface area (Å²) in [7, 11) is -3.32. The minimum Gasteiger partial charge on any atom is -0.497 e. The average Bonchev–Trinajstić information content (AvgIpc) is 3.30. The number of rotatable bonds is 12. The minimum atomic E-state index is -4.94. The Kier molecular flexibility index (Phi) is 38.1. The van der Waals surface area contributed by atoms with Crippen LogP contribution in [-0.4, -0.2) is 37.8 Å². The molecule has 6 aromatic rings. The number of nitrogens with zero attached hydrogens (tertiary/aromatic N) is 2. The second-order valence-corrected chi connectivity index (χ2v) is 24.5. The van der Waals surface area contributed by atoms with Crippen LogP contribution in [0.2, 0.25) is 0 Å². The Morgan fingerprint density at radius 2 is 0.618 bits per heavy atom. The zero-order chi connectivity index (χ0) is 49.5. The van der Waals surface area contributed by atoms with E-state index >= 15 is 0 Å². The number of aliphatic imine (C=N–C) groups is 2. The third kappa shape index (κ3) is 33.0. The maximum Gasteiger partial charge on any atom is 0.119 e. The first-order chi connectivity index (χ1) is 31.1. The van der Waals surface area contributed by atoms with Crippen molar-refractivity contribution in [1.29, 1.82) is 0 Å². The molecular formula is C46H50Au2Cl2N2O10P2S4-4. The van der Waals surface area contributed by atoms with Gasteiger partial charge in [0.1, 0.15) is 11.5 Å². The van der Waals surface area contributed by atoms with Crippen LogP contribution < -0.4 is 68.0 Å². The smallest absolute Gasteiger partial charge is 0.119 e. The fraction of sp³-hybridized carbons (Fsp3) is 0.0870. The molecule has 0 spiro atoms. The van der Waals surface area contributed by atoms with E-state index in [4.69, 9.17) is 46.7 Å². The average molecular weight is 1450 g/mol. The molecule has 0 bridgehead atoms. The van der Waals surface area contributed by atoms with Crippen LogP contribution in [0.25, 0.3) is 0 Å². The molecule has 378 valence electrons. The Labute approximate surface area is 453 Å². The van der Waals surface area contributed by atoms with Crippen molar-refractivity contribution in [1.82, 2.24) is 0 Å². The van der Waals surface area contributed by atoms with Gasteiger partial charge in [0.05, 0.1) is 36.7 Å². The van der Waals surface area contributed by atoms with Gasteiger partial charge in [0.2, 0.25) is 0 Å². The largest absolute Gasteiger partial charge is 0.497 e. The van der Waals surface area contributed by atoms with Crippen LogP contribution in [0.5, 0.6) is 11.5 Å². The van der Waals surface area contributed by atoms with Crippen LogP contribution in [0.15, 0.2) is 180 Å². The zero-order valence-electron chi connectivity index (χ0n) is 37.0. The summed E-state index contributed by atoms with van der Waals surface area (Å²) in [4.78, 5) is 8.47. The zero-order valence-corrected chi connectivity index (χ0v) is 47.9. The van der Waals surface area contributed by atoms with Crippen molar-refractivity contribution in [3.05, 3.63) is 197 Å². The monoisotopic (exact) mass is 1440 g/mol. The summed E-state index contributed by atoms with van der Waals surface area (Å²) >= 11 is 0. The number of ether oxygens (including phenoxy) is 2. The molecule has 0 aliphatic carbocycles. The van der Waals surface area contributed by atoms with Gasteiger partial charge in [-0.05, 0) is 131 Å². The van der Waals surface area contributed by atoms with Gasteiger partial charge in [-0.15, -0.1) is 20.5 Å². The molecule has 0 amide bonds. The normalized spacial score (nSPS) is 10.8. The molecule has 6 rings (SSSR count). The summed E-state index contributed by atoms with van der Waals surface area (Å²) in [6.07, 6.45) is 4.04. The summed E-state index contributed by atoms with van der Waals surface area (Å²) in [6.45, 7) is 17.2. The van der Waals surface area contributed by atoms with E-state index in [1.54, 1.807) is 57.4 Å². The van der Waals surface area contributed by atoms with Crippen molar-refractivity contribution >= 4 is 101 Å². The summed E-state index contributed by atoms with van der Waals surface area (Å²) in [5.41, 5.74) is 5.54. The Balaban J connectivity index is 0. The first-order valence-electron chi connectivity index (χ1n) is 18.5. The van der Waals surface area contributed by atoms with E-state index in [1.165, 1.54) is 21.2 Å². The Morgan fingerprint density at radius 1 is 0.412 bits per heavy atom. The summed E-state index contributed by atoms with van der Waals surface area (Å²) in [5.74, 6) is 1.72. The molecule has 6 aromatic carbocycles. The van der Waals surface area contributed by atoms with Gasteiger partial charge in [-0.3, -0.25) is 0 Å². The third-order valence-corrected chi connectivity index (χ3v) is 15.4. The maximum atomic E-state index is 8.49. The van der Waals surface area contributed by atoms with Crippen LogP contribution in [0, 0.1) is 47.1 Å². The fourth-order valence-corrected chi connectivity index (χ4v) is 9.58. The van der Waals surface area contributed by atoms with Crippen LogP contribution >= 0.6 is 57.7 Å². The molecule has 0 heterocycles. The van der Waals surface area contributed by atoms with E-state index in [0.29, 0.717) is 0 Å². The summed E-state index contributed by atoms with van der Waals surface area (Å²) in [6, 6.07) is 56.6.